The van der Waals surface area contributed by atoms with E-state index in [1.54, 1.807) is 0 Å². The lowest BCUT2D eigenvalue weighted by Gasteiger charge is -2.35. The van der Waals surface area contributed by atoms with E-state index in [9.17, 15) is 0 Å². The average Bonchev–Trinajstić information content (AvgIpc) is 2.62. The van der Waals surface area contributed by atoms with Crippen molar-refractivity contribution in [3.8, 4) is 0 Å². The molecule has 1 aliphatic heterocycles. The van der Waals surface area contributed by atoms with Gasteiger partial charge in [0.25, 0.3) is 0 Å². The smallest absolute Gasteiger partial charge is 0.0226 e. The maximum Gasteiger partial charge on any atom is 0.0226 e. The molecular weight excluding hydrogens is 186 g/mol. The van der Waals surface area contributed by atoms with E-state index in [-0.39, 0.29) is 0 Å². The largest absolute Gasteiger partial charge is 0.326 e. The van der Waals surface area contributed by atoms with E-state index >= 15 is 0 Å². The molecule has 3 unspecified atom stereocenters. The normalized spacial score (nSPS) is 27.2. The summed E-state index contributed by atoms with van der Waals surface area (Å²) in [5.41, 5.74) is 6.13. The first-order valence-electron chi connectivity index (χ1n) is 6.22. The summed E-state index contributed by atoms with van der Waals surface area (Å²) in [5, 5.41) is 0. The summed E-state index contributed by atoms with van der Waals surface area (Å²) in [7, 11) is 4.31. The topological polar surface area (TPSA) is 32.5 Å². The van der Waals surface area contributed by atoms with Crippen molar-refractivity contribution in [3.63, 3.8) is 0 Å². The predicted octanol–water partition coefficient (Wildman–Crippen LogP) is 1.14. The van der Waals surface area contributed by atoms with E-state index in [4.69, 9.17) is 5.73 Å². The highest BCUT2D eigenvalue weighted by Gasteiger charge is 2.30. The second kappa shape index (κ2) is 5.83. The van der Waals surface area contributed by atoms with Crippen molar-refractivity contribution in [2.24, 2.45) is 5.73 Å². The highest BCUT2D eigenvalue weighted by Crippen LogP contribution is 2.22. The molecule has 3 nitrogen and oxygen atoms in total. The number of hydrogen-bond acceptors (Lipinski definition) is 3. The van der Waals surface area contributed by atoms with Gasteiger partial charge in [0.2, 0.25) is 0 Å². The van der Waals surface area contributed by atoms with E-state index in [0.717, 1.165) is 6.42 Å². The number of rotatable bonds is 5. The van der Waals surface area contributed by atoms with Crippen LogP contribution in [0.2, 0.25) is 0 Å². The summed E-state index contributed by atoms with van der Waals surface area (Å²) in [5.74, 6) is 0. The van der Waals surface area contributed by atoms with Crippen LogP contribution in [0.5, 0.6) is 0 Å². The minimum absolute atomic E-state index is 0.327. The number of hydrogen-bond donors (Lipinski definition) is 1. The monoisotopic (exact) mass is 213 g/mol. The van der Waals surface area contributed by atoms with Gasteiger partial charge in [0, 0.05) is 24.7 Å². The first-order chi connectivity index (χ1) is 7.06. The van der Waals surface area contributed by atoms with Gasteiger partial charge in [0.05, 0.1) is 0 Å². The summed E-state index contributed by atoms with van der Waals surface area (Å²) in [6, 6.07) is 1.57. The lowest BCUT2D eigenvalue weighted by molar-refractivity contribution is 0.142. The zero-order valence-corrected chi connectivity index (χ0v) is 10.7. The molecule has 0 amide bonds. The molecule has 90 valence electrons. The van der Waals surface area contributed by atoms with Gasteiger partial charge in [-0.3, -0.25) is 4.90 Å². The third kappa shape index (κ3) is 3.44. The van der Waals surface area contributed by atoms with Gasteiger partial charge in [-0.1, -0.05) is 6.92 Å². The quantitative estimate of drug-likeness (QED) is 0.743. The molecule has 1 heterocycles. The standard InChI is InChI=1S/C12H27N3/c1-5-12(13)10(2)15-8-6-7-11(15)9-14(3)4/h10-12H,5-9,13H2,1-4H3. The van der Waals surface area contributed by atoms with Crippen LogP contribution < -0.4 is 5.73 Å². The molecule has 1 saturated heterocycles. The predicted molar refractivity (Wildman–Crippen MR) is 66.0 cm³/mol. The molecule has 0 saturated carbocycles. The van der Waals surface area contributed by atoms with E-state index < -0.39 is 0 Å². The summed E-state index contributed by atoms with van der Waals surface area (Å²) < 4.78 is 0. The molecule has 1 aliphatic rings. The molecule has 0 spiro atoms. The average molecular weight is 213 g/mol. The van der Waals surface area contributed by atoms with E-state index in [1.165, 1.54) is 25.9 Å². The Morgan fingerprint density at radius 3 is 2.67 bits per heavy atom. The summed E-state index contributed by atoms with van der Waals surface area (Å²) in [6.07, 6.45) is 3.74. The van der Waals surface area contributed by atoms with Crippen molar-refractivity contribution in [3.05, 3.63) is 0 Å². The Morgan fingerprint density at radius 1 is 1.47 bits per heavy atom. The molecule has 1 rings (SSSR count). The second-order valence-corrected chi connectivity index (χ2v) is 5.11. The number of nitrogens with two attached hydrogens (primary N) is 1. The fourth-order valence-corrected chi connectivity index (χ4v) is 2.60. The highest BCUT2D eigenvalue weighted by molar-refractivity contribution is 4.88. The van der Waals surface area contributed by atoms with Gasteiger partial charge >= 0.3 is 0 Å². The molecule has 0 aromatic rings. The van der Waals surface area contributed by atoms with Gasteiger partial charge in [0.1, 0.15) is 0 Å². The summed E-state index contributed by atoms with van der Waals surface area (Å²) in [6.45, 7) is 6.86. The van der Waals surface area contributed by atoms with Gasteiger partial charge in [-0.05, 0) is 46.8 Å². The zero-order chi connectivity index (χ0) is 11.4. The number of nitrogens with zero attached hydrogens (tertiary/aromatic N) is 2. The Bertz CT molecular complexity index is 182. The minimum Gasteiger partial charge on any atom is -0.326 e. The Kier molecular flexibility index (Phi) is 5.03. The molecular formula is C12H27N3. The van der Waals surface area contributed by atoms with E-state index in [2.05, 4.69) is 37.7 Å². The SMILES string of the molecule is CCC(N)C(C)N1CCCC1CN(C)C. The van der Waals surface area contributed by atoms with Crippen LogP contribution in [0.25, 0.3) is 0 Å². The van der Waals surface area contributed by atoms with Crippen LogP contribution in [-0.2, 0) is 0 Å². The second-order valence-electron chi connectivity index (χ2n) is 5.11. The molecule has 15 heavy (non-hydrogen) atoms. The van der Waals surface area contributed by atoms with Gasteiger partial charge in [-0.15, -0.1) is 0 Å². The molecule has 3 heteroatoms. The van der Waals surface area contributed by atoms with Crippen LogP contribution in [0.15, 0.2) is 0 Å². The molecule has 1 fully saturated rings. The molecule has 0 bridgehead atoms. The van der Waals surface area contributed by atoms with Gasteiger partial charge in [-0.25, -0.2) is 0 Å². The summed E-state index contributed by atoms with van der Waals surface area (Å²) >= 11 is 0. The Labute approximate surface area is 94.6 Å². The van der Waals surface area contributed by atoms with Crippen molar-refractivity contribution >= 4 is 0 Å². The van der Waals surface area contributed by atoms with Crippen LogP contribution in [0, 0.1) is 0 Å². The van der Waals surface area contributed by atoms with Crippen molar-refractivity contribution < 1.29 is 0 Å². The molecule has 0 aliphatic carbocycles. The van der Waals surface area contributed by atoms with Crippen LogP contribution in [0.3, 0.4) is 0 Å². The number of likely N-dealkylation sites (tertiary alicyclic amines) is 1. The third-order valence-corrected chi connectivity index (χ3v) is 3.61. The maximum absolute atomic E-state index is 6.13. The van der Waals surface area contributed by atoms with Crippen LogP contribution in [-0.4, -0.2) is 55.1 Å². The Balaban J connectivity index is 2.51. The molecule has 0 aromatic carbocycles. The van der Waals surface area contributed by atoms with E-state index in [0.29, 0.717) is 18.1 Å². The number of likely N-dealkylation sites (N-methyl/N-ethyl adjacent to an activating group) is 1. The zero-order valence-electron chi connectivity index (χ0n) is 10.7. The van der Waals surface area contributed by atoms with Crippen molar-refractivity contribution in [1.29, 1.82) is 0 Å². The molecule has 0 radical (unpaired) electrons. The van der Waals surface area contributed by atoms with Crippen LogP contribution in [0.1, 0.15) is 33.1 Å². The summed E-state index contributed by atoms with van der Waals surface area (Å²) in [4.78, 5) is 4.89. The fraction of sp³-hybridized carbons (Fsp3) is 1.00. The van der Waals surface area contributed by atoms with E-state index in [1.807, 2.05) is 0 Å². The van der Waals surface area contributed by atoms with Crippen LogP contribution in [0.4, 0.5) is 0 Å². The first kappa shape index (κ1) is 12.9. The highest BCUT2D eigenvalue weighted by atomic mass is 15.2. The first-order valence-corrected chi connectivity index (χ1v) is 6.22. The van der Waals surface area contributed by atoms with Crippen molar-refractivity contribution in [2.75, 3.05) is 27.2 Å². The van der Waals surface area contributed by atoms with Crippen LogP contribution >= 0.6 is 0 Å². The van der Waals surface area contributed by atoms with Gasteiger partial charge in [0.15, 0.2) is 0 Å². The van der Waals surface area contributed by atoms with Gasteiger partial charge in [-0.2, -0.15) is 0 Å². The molecule has 3 atom stereocenters. The molecule has 0 aromatic heterocycles. The minimum atomic E-state index is 0.327. The van der Waals surface area contributed by atoms with Gasteiger partial charge < -0.3 is 10.6 Å². The van der Waals surface area contributed by atoms with Crippen molar-refractivity contribution in [2.45, 2.75) is 51.2 Å². The fourth-order valence-electron chi connectivity index (χ4n) is 2.60. The lowest BCUT2D eigenvalue weighted by atomic mass is 10.1. The Hall–Kier alpha value is -0.120. The maximum atomic E-state index is 6.13. The molecule has 2 N–H and O–H groups in total. The van der Waals surface area contributed by atoms with Crippen molar-refractivity contribution in [1.82, 2.24) is 9.80 Å². The Morgan fingerprint density at radius 2 is 2.13 bits per heavy atom. The lowest BCUT2D eigenvalue weighted by Crippen LogP contribution is -2.50. The third-order valence-electron chi connectivity index (χ3n) is 3.61.